The molecule has 4 N–H and O–H groups in total. The van der Waals surface area contributed by atoms with Crippen molar-refractivity contribution in [3.05, 3.63) is 0 Å². The molecule has 1 saturated heterocycles. The van der Waals surface area contributed by atoms with Crippen LogP contribution in [0.1, 0.15) is 45.4 Å². The molecule has 0 bridgehead atoms. The van der Waals surface area contributed by atoms with Gasteiger partial charge in [0, 0.05) is 18.6 Å². The zero-order valence-electron chi connectivity index (χ0n) is 13.0. The Morgan fingerprint density at radius 1 is 1.40 bits per heavy atom. The van der Waals surface area contributed by atoms with Crippen LogP contribution in [-0.4, -0.2) is 60.0 Å². The summed E-state index contributed by atoms with van der Waals surface area (Å²) in [4.78, 5) is 16.5. The molecule has 5 nitrogen and oxygen atoms in total. The van der Waals surface area contributed by atoms with Crippen molar-refractivity contribution in [3.63, 3.8) is 0 Å². The summed E-state index contributed by atoms with van der Waals surface area (Å²) in [5.41, 5.74) is 10.9. The van der Waals surface area contributed by atoms with E-state index >= 15 is 0 Å². The Hall–Kier alpha value is -0.650. The number of nitrogens with zero attached hydrogens (tertiary/aromatic N) is 2. The first kappa shape index (κ1) is 15.7. The molecule has 2 rings (SSSR count). The summed E-state index contributed by atoms with van der Waals surface area (Å²) in [6.07, 6.45) is 6.15. The van der Waals surface area contributed by atoms with Gasteiger partial charge in [0.25, 0.3) is 0 Å². The van der Waals surface area contributed by atoms with E-state index in [1.165, 1.54) is 19.4 Å². The van der Waals surface area contributed by atoms with Crippen LogP contribution in [0.4, 0.5) is 0 Å². The van der Waals surface area contributed by atoms with Gasteiger partial charge in [-0.2, -0.15) is 0 Å². The van der Waals surface area contributed by atoms with E-state index in [0.29, 0.717) is 18.5 Å². The van der Waals surface area contributed by atoms with E-state index in [4.69, 9.17) is 11.5 Å². The first-order valence-corrected chi connectivity index (χ1v) is 7.99. The molecule has 0 spiro atoms. The Kier molecular flexibility index (Phi) is 5.04. The molecule has 3 atom stereocenters. The van der Waals surface area contributed by atoms with E-state index in [2.05, 4.69) is 23.8 Å². The predicted octanol–water partition coefficient (Wildman–Crippen LogP) is 0.528. The fraction of sp³-hybridized carbons (Fsp3) is 0.933. The highest BCUT2D eigenvalue weighted by Gasteiger charge is 2.39. The molecule has 1 amide bonds. The van der Waals surface area contributed by atoms with E-state index in [-0.39, 0.29) is 5.91 Å². The third-order valence-electron chi connectivity index (χ3n) is 5.28. The lowest BCUT2D eigenvalue weighted by molar-refractivity contribution is -0.125. The van der Waals surface area contributed by atoms with Crippen molar-refractivity contribution < 1.29 is 4.79 Å². The number of primary amides is 1. The van der Waals surface area contributed by atoms with E-state index < -0.39 is 5.54 Å². The standard InChI is InChI=1S/C15H30N4O/c1-3-19-9-5-7-13(19)11-18(2)12-6-4-8-15(17,10-12)14(16)20/h12-13H,3-11,17H2,1-2H3,(H2,16,20). The lowest BCUT2D eigenvalue weighted by Gasteiger charge is -2.41. The van der Waals surface area contributed by atoms with Crippen LogP contribution in [0.5, 0.6) is 0 Å². The maximum absolute atomic E-state index is 11.6. The van der Waals surface area contributed by atoms with Gasteiger partial charge in [0.15, 0.2) is 0 Å². The van der Waals surface area contributed by atoms with Gasteiger partial charge in [-0.05, 0) is 58.7 Å². The molecule has 1 aliphatic heterocycles. The fourth-order valence-electron chi connectivity index (χ4n) is 3.88. The number of likely N-dealkylation sites (N-methyl/N-ethyl adjacent to an activating group) is 2. The molecule has 0 aromatic carbocycles. The summed E-state index contributed by atoms with van der Waals surface area (Å²) >= 11 is 0. The molecule has 0 aromatic rings. The molecule has 2 fully saturated rings. The van der Waals surface area contributed by atoms with Crippen LogP contribution in [0.3, 0.4) is 0 Å². The lowest BCUT2D eigenvalue weighted by atomic mass is 9.78. The van der Waals surface area contributed by atoms with Crippen molar-refractivity contribution in [1.82, 2.24) is 9.80 Å². The molecular formula is C15H30N4O. The molecule has 1 aliphatic carbocycles. The minimum Gasteiger partial charge on any atom is -0.368 e. The zero-order valence-corrected chi connectivity index (χ0v) is 13.0. The quantitative estimate of drug-likeness (QED) is 0.771. The largest absolute Gasteiger partial charge is 0.368 e. The van der Waals surface area contributed by atoms with Gasteiger partial charge in [0.2, 0.25) is 5.91 Å². The topological polar surface area (TPSA) is 75.6 Å². The third kappa shape index (κ3) is 3.32. The van der Waals surface area contributed by atoms with Crippen molar-refractivity contribution in [2.24, 2.45) is 11.5 Å². The number of amides is 1. The summed E-state index contributed by atoms with van der Waals surface area (Å²) in [6.45, 7) is 5.66. The van der Waals surface area contributed by atoms with E-state index in [1.54, 1.807) is 0 Å². The van der Waals surface area contributed by atoms with Gasteiger partial charge in [-0.1, -0.05) is 6.92 Å². The van der Waals surface area contributed by atoms with Crippen molar-refractivity contribution in [1.29, 1.82) is 0 Å². The Balaban J connectivity index is 1.92. The second-order valence-corrected chi connectivity index (χ2v) is 6.63. The molecule has 1 saturated carbocycles. The maximum Gasteiger partial charge on any atom is 0.237 e. The van der Waals surface area contributed by atoms with E-state index in [1.807, 2.05) is 0 Å². The van der Waals surface area contributed by atoms with Gasteiger partial charge in [-0.3, -0.25) is 9.69 Å². The molecule has 20 heavy (non-hydrogen) atoms. The number of hydrogen-bond donors (Lipinski definition) is 2. The first-order valence-electron chi connectivity index (χ1n) is 7.99. The minimum absolute atomic E-state index is 0.341. The predicted molar refractivity (Wildman–Crippen MR) is 81.3 cm³/mol. The summed E-state index contributed by atoms with van der Waals surface area (Å²) in [7, 11) is 2.17. The third-order valence-corrected chi connectivity index (χ3v) is 5.28. The van der Waals surface area contributed by atoms with Crippen LogP contribution in [0.2, 0.25) is 0 Å². The number of hydrogen-bond acceptors (Lipinski definition) is 4. The van der Waals surface area contributed by atoms with E-state index in [9.17, 15) is 4.79 Å². The highest BCUT2D eigenvalue weighted by atomic mass is 16.1. The first-order chi connectivity index (χ1) is 9.46. The number of likely N-dealkylation sites (tertiary alicyclic amines) is 1. The Morgan fingerprint density at radius 2 is 2.15 bits per heavy atom. The van der Waals surface area contributed by atoms with E-state index in [0.717, 1.165) is 32.4 Å². The average Bonchev–Trinajstić information content (AvgIpc) is 2.85. The second-order valence-electron chi connectivity index (χ2n) is 6.63. The molecule has 5 heteroatoms. The van der Waals surface area contributed by atoms with Crippen molar-refractivity contribution in [3.8, 4) is 0 Å². The normalized spacial score (nSPS) is 35.6. The summed E-state index contributed by atoms with van der Waals surface area (Å²) < 4.78 is 0. The van der Waals surface area contributed by atoms with Crippen molar-refractivity contribution in [2.75, 3.05) is 26.7 Å². The Morgan fingerprint density at radius 3 is 2.80 bits per heavy atom. The van der Waals surface area contributed by atoms with Crippen molar-refractivity contribution >= 4 is 5.91 Å². The number of carbonyl (C=O) groups is 1. The average molecular weight is 282 g/mol. The number of rotatable bonds is 5. The SMILES string of the molecule is CCN1CCCC1CN(C)C1CCCC(N)(C(N)=O)C1. The molecule has 3 unspecified atom stereocenters. The van der Waals surface area contributed by atoms with Crippen LogP contribution in [0, 0.1) is 0 Å². The lowest BCUT2D eigenvalue weighted by Crippen LogP contribution is -2.58. The Labute approximate surface area is 122 Å². The number of nitrogens with two attached hydrogens (primary N) is 2. The van der Waals surface area contributed by atoms with Gasteiger partial charge < -0.3 is 16.4 Å². The monoisotopic (exact) mass is 282 g/mol. The van der Waals surface area contributed by atoms with Crippen LogP contribution in [-0.2, 0) is 4.79 Å². The molecule has 116 valence electrons. The van der Waals surface area contributed by atoms with Crippen LogP contribution < -0.4 is 11.5 Å². The van der Waals surface area contributed by atoms with Gasteiger partial charge in [-0.15, -0.1) is 0 Å². The fourth-order valence-corrected chi connectivity index (χ4v) is 3.88. The second kappa shape index (κ2) is 6.41. The highest BCUT2D eigenvalue weighted by molar-refractivity contribution is 5.84. The van der Waals surface area contributed by atoms with Crippen LogP contribution in [0.15, 0.2) is 0 Å². The zero-order chi connectivity index (χ0) is 14.8. The Bertz CT molecular complexity index is 349. The van der Waals surface area contributed by atoms with Gasteiger partial charge in [-0.25, -0.2) is 0 Å². The molecule has 0 aromatic heterocycles. The van der Waals surface area contributed by atoms with Crippen molar-refractivity contribution in [2.45, 2.75) is 63.1 Å². The van der Waals surface area contributed by atoms with Gasteiger partial charge in [0.1, 0.15) is 0 Å². The van der Waals surface area contributed by atoms with Gasteiger partial charge in [0.05, 0.1) is 5.54 Å². The van der Waals surface area contributed by atoms with Crippen LogP contribution in [0.25, 0.3) is 0 Å². The summed E-state index contributed by atoms with van der Waals surface area (Å²) in [6, 6.07) is 1.05. The molecular weight excluding hydrogens is 252 g/mol. The summed E-state index contributed by atoms with van der Waals surface area (Å²) in [5.74, 6) is -0.341. The van der Waals surface area contributed by atoms with Crippen LogP contribution >= 0.6 is 0 Å². The smallest absolute Gasteiger partial charge is 0.237 e. The minimum atomic E-state index is -0.794. The maximum atomic E-state index is 11.6. The summed E-state index contributed by atoms with van der Waals surface area (Å²) in [5, 5.41) is 0. The highest BCUT2D eigenvalue weighted by Crippen LogP contribution is 2.29. The number of carbonyl (C=O) groups excluding carboxylic acids is 1. The molecule has 0 radical (unpaired) electrons. The van der Waals surface area contributed by atoms with Gasteiger partial charge >= 0.3 is 0 Å². The molecule has 1 heterocycles. The molecule has 2 aliphatic rings.